The normalized spacial score (nSPS) is 11.4. The van der Waals surface area contributed by atoms with Crippen molar-refractivity contribution in [3.8, 4) is 0 Å². The first kappa shape index (κ1) is 96.2. The van der Waals surface area contributed by atoms with Gasteiger partial charge in [0, 0.05) is 0 Å². The molecule has 4 N–H and O–H groups in total. The van der Waals surface area contributed by atoms with E-state index in [0.717, 1.165) is 19.3 Å². The third kappa shape index (κ3) is 89.2. The van der Waals surface area contributed by atoms with Gasteiger partial charge < -0.3 is 20.7 Å². The van der Waals surface area contributed by atoms with Crippen LogP contribution in [0, 0.1) is 0 Å². The fourth-order valence-electron chi connectivity index (χ4n) is 14.3. The van der Waals surface area contributed by atoms with E-state index in [1.54, 1.807) is 12.1 Å². The van der Waals surface area contributed by atoms with Crippen molar-refractivity contribution in [1.82, 2.24) is 0 Å². The molecule has 0 heterocycles. The molecule has 0 aliphatic heterocycles. The molecular weight excluding hydrogens is 1150 g/mol. The van der Waals surface area contributed by atoms with Gasteiger partial charge in [0.25, 0.3) is 0 Å². The quantitative estimate of drug-likeness (QED) is 0.0503. The van der Waals surface area contributed by atoms with Gasteiger partial charge in [0.15, 0.2) is 0 Å². The first-order valence-electron chi connectivity index (χ1n) is 45.1. The molecule has 0 aliphatic rings. The average molecular weight is 1330 g/mol. The molecule has 0 saturated carbocycles. The molecular formula is C90H181BN2O2. The van der Waals surface area contributed by atoms with Crippen LogP contribution < -0.4 is 26.1 Å². The largest absolute Gasteiger partial charge is 0.889 e. The van der Waals surface area contributed by atoms with Crippen LogP contribution in [0.2, 0.25) is 0 Å². The molecule has 0 atom stereocenters. The lowest BCUT2D eigenvalue weighted by molar-refractivity contribution is -0.655. The minimum absolute atomic E-state index is 0.334. The average Bonchev–Trinajstić information content (AvgIpc) is 1.53. The van der Waals surface area contributed by atoms with E-state index in [1.807, 2.05) is 12.1 Å². The van der Waals surface area contributed by atoms with Crippen molar-refractivity contribution < 1.29 is 20.7 Å². The van der Waals surface area contributed by atoms with Crippen LogP contribution >= 0.6 is 0 Å². The lowest BCUT2D eigenvalue weighted by Gasteiger charge is -2.26. The highest BCUT2D eigenvalue weighted by Crippen LogP contribution is 2.19. The van der Waals surface area contributed by atoms with Crippen molar-refractivity contribution in [2.75, 3.05) is 26.2 Å². The number of aryl methyl sites for hydroxylation is 1. The van der Waals surface area contributed by atoms with Crippen LogP contribution in [0.25, 0.3) is 0 Å². The van der Waals surface area contributed by atoms with E-state index in [4.69, 9.17) is 0 Å². The Morgan fingerprint density at radius 3 is 0.463 bits per heavy atom. The highest BCUT2D eigenvalue weighted by molar-refractivity contribution is 6.55. The molecule has 0 bridgehead atoms. The number of hydrogen-bond acceptors (Lipinski definition) is 2. The maximum atomic E-state index is 10.5. The summed E-state index contributed by atoms with van der Waals surface area (Å²) in [7, 11) is -1.85. The zero-order valence-electron chi connectivity index (χ0n) is 66.7. The number of hydrogen-bond donors (Lipinski definition) is 2. The van der Waals surface area contributed by atoms with E-state index < -0.39 is 7.12 Å². The van der Waals surface area contributed by atoms with E-state index in [0.29, 0.717) is 5.46 Å². The zero-order chi connectivity index (χ0) is 68.8. The minimum Gasteiger partial charge on any atom is -0.889 e. The molecule has 1 aromatic rings. The van der Waals surface area contributed by atoms with Gasteiger partial charge in [0.1, 0.15) is 0 Å². The summed E-state index contributed by atoms with van der Waals surface area (Å²) in [4.78, 5) is 0. The first-order valence-corrected chi connectivity index (χ1v) is 45.1. The van der Waals surface area contributed by atoms with Crippen LogP contribution in [0.4, 0.5) is 0 Å². The topological polar surface area (TPSA) is 79.3 Å². The summed E-state index contributed by atoms with van der Waals surface area (Å²) in [5.74, 6) is 0. The minimum atomic E-state index is -1.85. The molecule has 0 saturated heterocycles. The molecule has 4 nitrogen and oxygen atoms in total. The van der Waals surface area contributed by atoms with Gasteiger partial charge in [-0.25, -0.2) is 0 Å². The number of unbranched alkanes of at least 4 members (excludes halogenated alkanes) is 69. The summed E-state index contributed by atoms with van der Waals surface area (Å²) < 4.78 is 0. The van der Waals surface area contributed by atoms with Gasteiger partial charge in [-0.3, -0.25) is 0 Å². The molecule has 0 fully saturated rings. The summed E-state index contributed by atoms with van der Waals surface area (Å²) in [6, 6.07) is 7.01. The van der Waals surface area contributed by atoms with Crippen LogP contribution in [0.1, 0.15) is 515 Å². The molecule has 0 amide bonds. The van der Waals surface area contributed by atoms with Gasteiger partial charge in [-0.15, -0.1) is 5.46 Å². The third-order valence-electron chi connectivity index (χ3n) is 21.1. The monoisotopic (exact) mass is 1330 g/mol. The van der Waals surface area contributed by atoms with Gasteiger partial charge in [-0.1, -0.05) is 483 Å². The molecule has 0 spiro atoms. The molecule has 0 unspecified atom stereocenters. The van der Waals surface area contributed by atoms with E-state index >= 15 is 0 Å². The van der Waals surface area contributed by atoms with Crippen LogP contribution in [0.3, 0.4) is 0 Å². The molecule has 5 heteroatoms. The number of quaternary nitrogens is 2. The van der Waals surface area contributed by atoms with Gasteiger partial charge in [0.05, 0.1) is 26.2 Å². The van der Waals surface area contributed by atoms with Crippen molar-refractivity contribution in [3.63, 3.8) is 0 Å². The van der Waals surface area contributed by atoms with Gasteiger partial charge >= 0.3 is 0 Å². The van der Waals surface area contributed by atoms with Crippen molar-refractivity contribution in [1.29, 1.82) is 0 Å². The maximum absolute atomic E-state index is 10.5. The number of benzene rings is 1. The molecule has 1 rings (SSSR count). The highest BCUT2D eigenvalue weighted by atomic mass is 16.4. The summed E-state index contributed by atoms with van der Waals surface area (Å²) >= 11 is 0. The highest BCUT2D eigenvalue weighted by Gasteiger charge is 2.02. The third-order valence-corrected chi connectivity index (χ3v) is 21.1. The zero-order valence-corrected chi connectivity index (χ0v) is 66.7. The van der Waals surface area contributed by atoms with Crippen molar-refractivity contribution in [2.45, 2.75) is 516 Å². The Balaban J connectivity index is 0. The van der Waals surface area contributed by atoms with Crippen molar-refractivity contribution in [2.24, 2.45) is 0 Å². The van der Waals surface area contributed by atoms with Gasteiger partial charge in [-0.05, 0) is 69.8 Å². The summed E-state index contributed by atoms with van der Waals surface area (Å²) in [5, 5.41) is 26.2. The molecule has 0 aromatic heterocycles. The second-order valence-corrected chi connectivity index (χ2v) is 31.0. The predicted molar refractivity (Wildman–Crippen MR) is 429 cm³/mol. The summed E-state index contributed by atoms with van der Waals surface area (Å²) in [6.07, 6.45) is 109. The van der Waals surface area contributed by atoms with E-state index in [2.05, 4.69) is 45.3 Å². The van der Waals surface area contributed by atoms with E-state index in [1.165, 1.54) is 494 Å². The Kier molecular flexibility index (Phi) is 92.3. The standard InChI is InChI=1S/2C40H83N.C10H13BO2/c2*1-3-5-7-9-11-13-15-17-19-21-23-25-27-29-31-33-35-37-39-41-40-38-36-34-32-30-28-26-24-22-20-18-16-14-12-10-8-6-4-2;1-2-3-4-9-5-7-10(8-6-9)11(12)13/h2*41H,3-40H2,1-2H3;5-8H,2-4H2,1H3/q;;-2/p+2. The smallest absolute Gasteiger partial charge is 0.0755 e. The molecule has 95 heavy (non-hydrogen) atoms. The predicted octanol–water partition coefficient (Wildman–Crippen LogP) is 26.7. The Hall–Kier alpha value is -0.875. The molecule has 1 aromatic carbocycles. The van der Waals surface area contributed by atoms with Crippen LogP contribution in [0.15, 0.2) is 24.3 Å². The summed E-state index contributed by atoms with van der Waals surface area (Å²) in [5.41, 5.74) is 1.53. The van der Waals surface area contributed by atoms with Gasteiger partial charge in [-0.2, -0.15) is 0 Å². The Bertz CT molecular complexity index is 1270. The maximum Gasteiger partial charge on any atom is 0.0755 e. The second-order valence-electron chi connectivity index (χ2n) is 31.0. The Morgan fingerprint density at radius 2 is 0.326 bits per heavy atom. The lowest BCUT2D eigenvalue weighted by atomic mass is 9.80. The van der Waals surface area contributed by atoms with Gasteiger partial charge in [0.2, 0.25) is 0 Å². The SMILES string of the molecule is CCCCCCCCCCCCCCCCCCCC[NH2+]CCCCCCCCCCCCCCCCCCCC.CCCCCCCCCCCCCCCCCCCC[NH2+]CCCCCCCCCCCCCCCCCCCC.CCCCc1ccc(B([O-])[O-])cc1. The van der Waals surface area contributed by atoms with Crippen LogP contribution in [-0.4, -0.2) is 33.3 Å². The Labute approximate surface area is 602 Å². The lowest BCUT2D eigenvalue weighted by Crippen LogP contribution is -2.84. The fourth-order valence-corrected chi connectivity index (χ4v) is 14.3. The second kappa shape index (κ2) is 91.1. The molecule has 0 aliphatic carbocycles. The number of nitrogens with two attached hydrogens (primary N) is 2. The van der Waals surface area contributed by atoms with Crippen LogP contribution in [-0.2, 0) is 6.42 Å². The van der Waals surface area contributed by atoms with Crippen LogP contribution in [0.5, 0.6) is 0 Å². The first-order chi connectivity index (χ1) is 47.1. The van der Waals surface area contributed by atoms with Crippen molar-refractivity contribution >= 4 is 12.6 Å². The van der Waals surface area contributed by atoms with E-state index in [-0.39, 0.29) is 0 Å². The fraction of sp³-hybridized carbons (Fsp3) is 0.933. The Morgan fingerprint density at radius 1 is 0.189 bits per heavy atom. The molecule has 0 radical (unpaired) electrons. The number of rotatable bonds is 80. The molecule has 566 valence electrons. The van der Waals surface area contributed by atoms with E-state index in [9.17, 15) is 10.0 Å². The van der Waals surface area contributed by atoms with Crippen molar-refractivity contribution in [3.05, 3.63) is 29.8 Å². The summed E-state index contributed by atoms with van der Waals surface area (Å²) in [6.45, 7) is 16.9.